The van der Waals surface area contributed by atoms with E-state index in [1.807, 2.05) is 32.9 Å². The van der Waals surface area contributed by atoms with Gasteiger partial charge < -0.3 is 15.3 Å². The summed E-state index contributed by atoms with van der Waals surface area (Å²) in [6, 6.07) is 6.50. The van der Waals surface area contributed by atoms with Crippen LogP contribution in [0.4, 0.5) is 0 Å². The number of aliphatic carboxylic acids is 1. The Balaban J connectivity index is 2.00. The number of hydrogen-bond donors (Lipinski definition) is 2. The summed E-state index contributed by atoms with van der Waals surface area (Å²) >= 11 is 0. The van der Waals surface area contributed by atoms with Crippen LogP contribution >= 0.6 is 0 Å². The molecule has 2 rings (SSSR count). The van der Waals surface area contributed by atoms with E-state index in [0.29, 0.717) is 31.5 Å². The molecule has 0 bridgehead atoms. The van der Waals surface area contributed by atoms with Crippen LogP contribution in [0.5, 0.6) is 0 Å². The monoisotopic (exact) mass is 360 g/mol. The lowest BCUT2D eigenvalue weighted by molar-refractivity contribution is -0.143. The van der Waals surface area contributed by atoms with Crippen LogP contribution in [-0.2, 0) is 9.59 Å². The SMILES string of the molecule is Cc1ccc(C(=O)N2CCCC(C(=O)N[C@H](CC(C)C)C(=O)O)C2)cc1. The van der Waals surface area contributed by atoms with Gasteiger partial charge in [-0.1, -0.05) is 31.5 Å². The smallest absolute Gasteiger partial charge is 0.326 e. The number of piperidine rings is 1. The highest BCUT2D eigenvalue weighted by Gasteiger charge is 2.31. The number of carboxylic acid groups (broad SMARTS) is 1. The molecule has 0 aromatic heterocycles. The van der Waals surface area contributed by atoms with Gasteiger partial charge in [0.2, 0.25) is 5.91 Å². The molecule has 0 spiro atoms. The van der Waals surface area contributed by atoms with Crippen LogP contribution in [-0.4, -0.2) is 46.9 Å². The van der Waals surface area contributed by atoms with E-state index < -0.39 is 12.0 Å². The van der Waals surface area contributed by atoms with Crippen molar-refractivity contribution in [2.75, 3.05) is 13.1 Å². The molecular weight excluding hydrogens is 332 g/mol. The van der Waals surface area contributed by atoms with Gasteiger partial charge in [0.1, 0.15) is 6.04 Å². The van der Waals surface area contributed by atoms with Crippen molar-refractivity contribution in [1.82, 2.24) is 10.2 Å². The minimum atomic E-state index is -1.02. The lowest BCUT2D eigenvalue weighted by Gasteiger charge is -2.32. The van der Waals surface area contributed by atoms with Crippen LogP contribution < -0.4 is 5.32 Å². The predicted octanol–water partition coefficient (Wildman–Crippen LogP) is 2.46. The summed E-state index contributed by atoms with van der Waals surface area (Å²) in [5, 5.41) is 11.9. The molecule has 1 fully saturated rings. The van der Waals surface area contributed by atoms with E-state index >= 15 is 0 Å². The van der Waals surface area contributed by atoms with E-state index in [1.54, 1.807) is 17.0 Å². The zero-order valence-electron chi connectivity index (χ0n) is 15.7. The van der Waals surface area contributed by atoms with E-state index in [1.165, 1.54) is 0 Å². The molecule has 1 unspecified atom stereocenters. The fourth-order valence-corrected chi connectivity index (χ4v) is 3.24. The minimum absolute atomic E-state index is 0.0838. The van der Waals surface area contributed by atoms with Gasteiger partial charge in [-0.25, -0.2) is 4.79 Å². The van der Waals surface area contributed by atoms with Crippen LogP contribution in [0.3, 0.4) is 0 Å². The van der Waals surface area contributed by atoms with Gasteiger partial charge in [0.25, 0.3) is 5.91 Å². The normalized spacial score (nSPS) is 18.5. The Morgan fingerprint density at radius 2 is 1.88 bits per heavy atom. The average Bonchev–Trinajstić information content (AvgIpc) is 2.60. The van der Waals surface area contributed by atoms with Crippen molar-refractivity contribution in [3.63, 3.8) is 0 Å². The van der Waals surface area contributed by atoms with Gasteiger partial charge >= 0.3 is 5.97 Å². The Morgan fingerprint density at radius 3 is 2.46 bits per heavy atom. The molecule has 0 aliphatic carbocycles. The molecule has 1 aromatic carbocycles. The molecular formula is C20H28N2O4. The molecule has 142 valence electrons. The summed E-state index contributed by atoms with van der Waals surface area (Å²) in [5.41, 5.74) is 1.70. The van der Waals surface area contributed by atoms with Crippen molar-refractivity contribution in [2.24, 2.45) is 11.8 Å². The number of carboxylic acids is 1. The Morgan fingerprint density at radius 1 is 1.23 bits per heavy atom. The molecule has 6 heteroatoms. The first-order valence-corrected chi connectivity index (χ1v) is 9.17. The Hall–Kier alpha value is -2.37. The number of carbonyl (C=O) groups excluding carboxylic acids is 2. The van der Waals surface area contributed by atoms with Crippen molar-refractivity contribution in [1.29, 1.82) is 0 Å². The van der Waals surface area contributed by atoms with E-state index in [0.717, 1.165) is 12.0 Å². The van der Waals surface area contributed by atoms with E-state index in [2.05, 4.69) is 5.32 Å². The summed E-state index contributed by atoms with van der Waals surface area (Å²) in [7, 11) is 0. The van der Waals surface area contributed by atoms with Gasteiger partial charge in [-0.2, -0.15) is 0 Å². The number of carbonyl (C=O) groups is 3. The lowest BCUT2D eigenvalue weighted by atomic mass is 9.95. The summed E-state index contributed by atoms with van der Waals surface area (Å²) in [5.74, 6) is -1.58. The van der Waals surface area contributed by atoms with E-state index in [-0.39, 0.29) is 23.7 Å². The van der Waals surface area contributed by atoms with E-state index in [9.17, 15) is 19.5 Å². The van der Waals surface area contributed by atoms with Crippen LogP contribution in [0, 0.1) is 18.8 Å². The quantitative estimate of drug-likeness (QED) is 0.816. The Kier molecular flexibility index (Phi) is 6.77. The van der Waals surface area contributed by atoms with Crippen molar-refractivity contribution in [3.05, 3.63) is 35.4 Å². The Bertz CT molecular complexity index is 654. The molecule has 2 atom stereocenters. The van der Waals surface area contributed by atoms with Gasteiger partial charge in [0, 0.05) is 18.7 Å². The number of rotatable bonds is 6. The zero-order valence-corrected chi connectivity index (χ0v) is 15.7. The summed E-state index contributed by atoms with van der Waals surface area (Å²) in [4.78, 5) is 38.2. The third-order valence-electron chi connectivity index (χ3n) is 4.70. The molecule has 0 radical (unpaired) electrons. The second kappa shape index (κ2) is 8.83. The minimum Gasteiger partial charge on any atom is -0.480 e. The molecule has 1 saturated heterocycles. The summed E-state index contributed by atoms with van der Waals surface area (Å²) in [6.07, 6.45) is 1.79. The largest absolute Gasteiger partial charge is 0.480 e. The number of benzene rings is 1. The average molecular weight is 360 g/mol. The summed E-state index contributed by atoms with van der Waals surface area (Å²) < 4.78 is 0. The molecule has 6 nitrogen and oxygen atoms in total. The molecule has 1 heterocycles. The highest BCUT2D eigenvalue weighted by Crippen LogP contribution is 2.20. The Labute approximate surface area is 154 Å². The summed E-state index contributed by atoms with van der Waals surface area (Å²) in [6.45, 7) is 6.75. The first-order chi connectivity index (χ1) is 12.3. The van der Waals surface area contributed by atoms with E-state index in [4.69, 9.17) is 0 Å². The zero-order chi connectivity index (χ0) is 19.3. The van der Waals surface area contributed by atoms with Gasteiger partial charge in [-0.05, 0) is 44.2 Å². The topological polar surface area (TPSA) is 86.7 Å². The molecule has 1 aromatic rings. The number of nitrogens with zero attached hydrogens (tertiary/aromatic N) is 1. The molecule has 2 amide bonds. The first-order valence-electron chi connectivity index (χ1n) is 9.17. The number of nitrogens with one attached hydrogen (secondary N) is 1. The number of likely N-dealkylation sites (tertiary alicyclic amines) is 1. The van der Waals surface area contributed by atoms with Crippen LogP contribution in [0.15, 0.2) is 24.3 Å². The molecule has 2 N–H and O–H groups in total. The molecule has 26 heavy (non-hydrogen) atoms. The first kappa shape index (κ1) is 19.9. The van der Waals surface area contributed by atoms with Gasteiger partial charge in [0.15, 0.2) is 0 Å². The molecule has 0 saturated carbocycles. The second-order valence-corrected chi connectivity index (χ2v) is 7.49. The predicted molar refractivity (Wildman–Crippen MR) is 98.8 cm³/mol. The fourth-order valence-electron chi connectivity index (χ4n) is 3.24. The third kappa shape index (κ3) is 5.31. The maximum atomic E-state index is 12.7. The highest BCUT2D eigenvalue weighted by atomic mass is 16.4. The molecule has 1 aliphatic rings. The van der Waals surface area contributed by atoms with Gasteiger partial charge in [-0.3, -0.25) is 9.59 Å². The number of hydrogen-bond acceptors (Lipinski definition) is 3. The van der Waals surface area contributed by atoms with Crippen molar-refractivity contribution >= 4 is 17.8 Å². The van der Waals surface area contributed by atoms with Gasteiger partial charge in [0.05, 0.1) is 5.92 Å². The van der Waals surface area contributed by atoms with Crippen molar-refractivity contribution in [3.8, 4) is 0 Å². The number of aryl methyl sites for hydroxylation is 1. The maximum Gasteiger partial charge on any atom is 0.326 e. The molecule has 1 aliphatic heterocycles. The standard InChI is InChI=1S/C20H28N2O4/c1-13(2)11-17(20(25)26)21-18(23)16-5-4-10-22(12-16)19(24)15-8-6-14(3)7-9-15/h6-9,13,16-17H,4-5,10-12H2,1-3H3,(H,21,23)(H,25,26)/t16?,17-/m1/s1. The highest BCUT2D eigenvalue weighted by molar-refractivity contribution is 5.95. The van der Waals surface area contributed by atoms with Crippen molar-refractivity contribution in [2.45, 2.75) is 46.1 Å². The van der Waals surface area contributed by atoms with Gasteiger partial charge in [-0.15, -0.1) is 0 Å². The van der Waals surface area contributed by atoms with Crippen molar-refractivity contribution < 1.29 is 19.5 Å². The maximum absolute atomic E-state index is 12.7. The second-order valence-electron chi connectivity index (χ2n) is 7.49. The number of amides is 2. The lowest BCUT2D eigenvalue weighted by Crippen LogP contribution is -2.49. The third-order valence-corrected chi connectivity index (χ3v) is 4.70. The fraction of sp³-hybridized carbons (Fsp3) is 0.550. The van der Waals surface area contributed by atoms with Crippen LogP contribution in [0.25, 0.3) is 0 Å². The van der Waals surface area contributed by atoms with Crippen LogP contribution in [0.1, 0.15) is 49.0 Å². The van der Waals surface area contributed by atoms with Crippen LogP contribution in [0.2, 0.25) is 0 Å².